The topological polar surface area (TPSA) is 55.3 Å². The molecule has 22 heavy (non-hydrogen) atoms. The Balaban J connectivity index is 2.31. The van der Waals surface area contributed by atoms with Crippen molar-refractivity contribution < 1.29 is 9.53 Å². The van der Waals surface area contributed by atoms with Crippen molar-refractivity contribution in [2.24, 2.45) is 0 Å². The summed E-state index contributed by atoms with van der Waals surface area (Å²) < 4.78 is 4.85. The first kappa shape index (κ1) is 16.6. The molecule has 0 spiro atoms. The number of thioether (sulfide) groups is 1. The molecule has 0 saturated heterocycles. The van der Waals surface area contributed by atoms with Gasteiger partial charge in [0.25, 0.3) is 0 Å². The van der Waals surface area contributed by atoms with E-state index in [4.69, 9.17) is 16.3 Å². The summed E-state index contributed by atoms with van der Waals surface area (Å²) in [6, 6.07) is 7.58. The van der Waals surface area contributed by atoms with E-state index in [2.05, 4.69) is 9.97 Å². The van der Waals surface area contributed by atoms with Gasteiger partial charge in [-0.05, 0) is 25.3 Å². The molecule has 2 rings (SSSR count). The van der Waals surface area contributed by atoms with Gasteiger partial charge < -0.3 is 4.74 Å². The highest BCUT2D eigenvalue weighted by Crippen LogP contribution is 2.23. The molecule has 1 amide bonds. The summed E-state index contributed by atoms with van der Waals surface area (Å²) in [4.78, 5) is 21.9. The second-order valence-electron chi connectivity index (χ2n) is 4.56. The third-order valence-electron chi connectivity index (χ3n) is 3.04. The molecule has 1 heterocycles. The molecule has 0 aliphatic rings. The number of aryl methyl sites for hydroxylation is 1. The maximum Gasteiger partial charge on any atom is 0.414 e. The van der Waals surface area contributed by atoms with Gasteiger partial charge in [0, 0.05) is 17.4 Å². The van der Waals surface area contributed by atoms with Crippen LogP contribution in [0.25, 0.3) is 0 Å². The third-order valence-corrected chi connectivity index (χ3v) is 3.93. The summed E-state index contributed by atoms with van der Waals surface area (Å²) in [5, 5.41) is 0.925. The van der Waals surface area contributed by atoms with Crippen LogP contribution in [-0.2, 0) is 11.3 Å². The number of benzene rings is 1. The van der Waals surface area contributed by atoms with Gasteiger partial charge in [-0.3, -0.25) is 4.90 Å². The minimum absolute atomic E-state index is 0.239. The molecule has 0 bridgehead atoms. The molecule has 0 aliphatic heterocycles. The Morgan fingerprint density at radius 1 is 1.36 bits per heavy atom. The number of rotatable bonds is 4. The summed E-state index contributed by atoms with van der Waals surface area (Å²) in [5.74, 6) is 0. The molecule has 2 aromatic rings. The van der Waals surface area contributed by atoms with Gasteiger partial charge in [0.15, 0.2) is 5.16 Å². The van der Waals surface area contributed by atoms with Crippen molar-refractivity contribution in [3.8, 4) is 0 Å². The van der Waals surface area contributed by atoms with E-state index in [1.165, 1.54) is 23.8 Å². The van der Waals surface area contributed by atoms with Crippen LogP contribution in [0.1, 0.15) is 11.1 Å². The summed E-state index contributed by atoms with van der Waals surface area (Å²) >= 11 is 7.58. The molecular formula is C15H16ClN3O2S. The van der Waals surface area contributed by atoms with E-state index in [0.29, 0.717) is 15.9 Å². The average molecular weight is 338 g/mol. The molecule has 7 heteroatoms. The quantitative estimate of drug-likeness (QED) is 0.480. The molecule has 0 aliphatic carbocycles. The Morgan fingerprint density at radius 2 is 2.05 bits per heavy atom. The molecular weight excluding hydrogens is 322 g/mol. The lowest BCUT2D eigenvalue weighted by Gasteiger charge is -2.21. The Morgan fingerprint density at radius 3 is 2.59 bits per heavy atom. The zero-order valence-corrected chi connectivity index (χ0v) is 14.1. The van der Waals surface area contributed by atoms with Gasteiger partial charge in [-0.15, -0.1) is 0 Å². The van der Waals surface area contributed by atoms with Gasteiger partial charge in [0.2, 0.25) is 0 Å². The fraction of sp³-hybridized carbons (Fsp3) is 0.267. The molecule has 0 atom stereocenters. The highest BCUT2D eigenvalue weighted by atomic mass is 35.5. The lowest BCUT2D eigenvalue weighted by molar-refractivity contribution is 0.178. The number of hydrogen-bond acceptors (Lipinski definition) is 5. The number of ether oxygens (including phenoxy) is 1. The van der Waals surface area contributed by atoms with Gasteiger partial charge >= 0.3 is 6.09 Å². The van der Waals surface area contributed by atoms with E-state index in [1.807, 2.05) is 37.4 Å². The Kier molecular flexibility index (Phi) is 5.63. The van der Waals surface area contributed by atoms with Gasteiger partial charge in [0.05, 0.1) is 13.7 Å². The van der Waals surface area contributed by atoms with Crippen LogP contribution in [0, 0.1) is 6.92 Å². The molecule has 116 valence electrons. The summed E-state index contributed by atoms with van der Waals surface area (Å²) in [5.41, 5.74) is 2.49. The van der Waals surface area contributed by atoms with Gasteiger partial charge in [-0.2, -0.15) is 0 Å². The molecule has 1 aromatic carbocycles. The maximum absolute atomic E-state index is 12.1. The maximum atomic E-state index is 12.1. The van der Waals surface area contributed by atoms with Gasteiger partial charge in [0.1, 0.15) is 5.15 Å². The number of aromatic nitrogens is 2. The Hall–Kier alpha value is -1.79. The Bertz CT molecular complexity index is 664. The van der Waals surface area contributed by atoms with Crippen molar-refractivity contribution in [3.05, 3.63) is 46.7 Å². The number of hydrogen-bond donors (Lipinski definition) is 0. The Labute approximate surface area is 138 Å². The monoisotopic (exact) mass is 337 g/mol. The van der Waals surface area contributed by atoms with Crippen LogP contribution in [0.15, 0.2) is 35.6 Å². The van der Waals surface area contributed by atoms with Crippen molar-refractivity contribution in [2.75, 3.05) is 18.3 Å². The van der Waals surface area contributed by atoms with Crippen molar-refractivity contribution in [1.29, 1.82) is 0 Å². The van der Waals surface area contributed by atoms with E-state index < -0.39 is 6.09 Å². The molecule has 0 N–H and O–H groups in total. The fourth-order valence-corrected chi connectivity index (χ4v) is 2.42. The number of methoxy groups -OCH3 is 1. The second-order valence-corrected chi connectivity index (χ2v) is 5.70. The van der Waals surface area contributed by atoms with Crippen molar-refractivity contribution in [3.63, 3.8) is 0 Å². The number of carbonyl (C=O) groups is 1. The highest BCUT2D eigenvalue weighted by Gasteiger charge is 2.19. The van der Waals surface area contributed by atoms with Crippen molar-refractivity contribution in [1.82, 2.24) is 9.97 Å². The van der Waals surface area contributed by atoms with Crippen LogP contribution in [0.5, 0.6) is 0 Å². The smallest absolute Gasteiger partial charge is 0.414 e. The van der Waals surface area contributed by atoms with E-state index >= 15 is 0 Å². The predicted octanol–water partition coefficient (Wildman–Crippen LogP) is 3.93. The summed E-state index contributed by atoms with van der Waals surface area (Å²) in [7, 11) is 1.35. The number of carbonyl (C=O) groups excluding carboxylic acids is 1. The fourth-order valence-electron chi connectivity index (χ4n) is 1.84. The van der Waals surface area contributed by atoms with Crippen LogP contribution in [-0.4, -0.2) is 29.4 Å². The predicted molar refractivity (Wildman–Crippen MR) is 88.6 cm³/mol. The standard InChI is InChI=1S/C15H16ClN3O2S/c1-10-4-6-12(7-5-10)19(15(20)21-2)9-11-8-17-14(22-3)18-13(11)16/h4-8H,9H2,1-3H3. The van der Waals surface area contributed by atoms with E-state index in [9.17, 15) is 4.79 Å². The molecule has 0 saturated carbocycles. The van der Waals surface area contributed by atoms with Crippen LogP contribution >= 0.6 is 23.4 Å². The molecule has 0 fully saturated rings. The van der Waals surface area contributed by atoms with Crippen molar-refractivity contribution >= 4 is 35.1 Å². The minimum Gasteiger partial charge on any atom is -0.452 e. The van der Waals surface area contributed by atoms with Crippen LogP contribution in [0.2, 0.25) is 5.15 Å². The molecule has 0 radical (unpaired) electrons. The van der Waals surface area contributed by atoms with E-state index in [-0.39, 0.29) is 6.54 Å². The van der Waals surface area contributed by atoms with Gasteiger partial charge in [-0.1, -0.05) is 41.1 Å². The first-order valence-corrected chi connectivity index (χ1v) is 8.13. The van der Waals surface area contributed by atoms with Gasteiger partial charge in [-0.25, -0.2) is 14.8 Å². The average Bonchev–Trinajstić information content (AvgIpc) is 2.54. The first-order chi connectivity index (χ1) is 10.5. The van der Waals surface area contributed by atoms with Crippen LogP contribution < -0.4 is 4.90 Å². The number of anilines is 1. The number of nitrogens with zero attached hydrogens (tertiary/aromatic N) is 3. The molecule has 0 unspecified atom stereocenters. The summed E-state index contributed by atoms with van der Waals surface area (Å²) in [6.07, 6.45) is 3.04. The lowest BCUT2D eigenvalue weighted by atomic mass is 10.2. The van der Waals surface area contributed by atoms with Crippen molar-refractivity contribution in [2.45, 2.75) is 18.6 Å². The van der Waals surface area contributed by atoms with E-state index in [0.717, 1.165) is 11.3 Å². The van der Waals surface area contributed by atoms with Crippen LogP contribution in [0.4, 0.5) is 10.5 Å². The highest BCUT2D eigenvalue weighted by molar-refractivity contribution is 7.98. The van der Waals surface area contributed by atoms with Crippen LogP contribution in [0.3, 0.4) is 0 Å². The SMILES string of the molecule is COC(=O)N(Cc1cnc(SC)nc1Cl)c1ccc(C)cc1. The third kappa shape index (κ3) is 3.90. The minimum atomic E-state index is -0.464. The lowest BCUT2D eigenvalue weighted by Crippen LogP contribution is -2.30. The number of amides is 1. The summed E-state index contributed by atoms with van der Waals surface area (Å²) in [6.45, 7) is 2.22. The zero-order valence-electron chi connectivity index (χ0n) is 12.5. The largest absolute Gasteiger partial charge is 0.452 e. The van der Waals surface area contributed by atoms with E-state index in [1.54, 1.807) is 6.20 Å². The second kappa shape index (κ2) is 7.47. The zero-order chi connectivity index (χ0) is 16.1. The first-order valence-electron chi connectivity index (χ1n) is 6.52. The molecule has 1 aromatic heterocycles. The number of halogens is 1. The normalized spacial score (nSPS) is 10.4. The molecule has 5 nitrogen and oxygen atoms in total.